The average Bonchev–Trinajstić information content (AvgIpc) is 3.09. The van der Waals surface area contributed by atoms with Gasteiger partial charge in [-0.2, -0.15) is 0 Å². The number of fused-ring (bicyclic) bond motifs is 5. The van der Waals surface area contributed by atoms with Crippen LogP contribution in [0.15, 0.2) is 5.11 Å². The summed E-state index contributed by atoms with van der Waals surface area (Å²) < 4.78 is 0. The van der Waals surface area contributed by atoms with Gasteiger partial charge in [0.05, 0.1) is 0 Å². The zero-order chi connectivity index (χ0) is 22.4. The zero-order valence-electron chi connectivity index (χ0n) is 20.5. The molecule has 4 aliphatic carbocycles. The molecule has 4 fully saturated rings. The maximum Gasteiger partial charge on any atom is 0.222 e. The molecule has 0 unspecified atom stereocenters. The molecule has 0 spiro atoms. The minimum absolute atomic E-state index is 0.232. The Morgan fingerprint density at radius 3 is 2.48 bits per heavy atom. The molecule has 0 saturated heterocycles. The summed E-state index contributed by atoms with van der Waals surface area (Å²) in [4.78, 5) is 17.0. The van der Waals surface area contributed by atoms with Gasteiger partial charge in [-0.1, -0.05) is 25.9 Å². The van der Waals surface area contributed by atoms with E-state index in [1.165, 1.54) is 44.9 Å². The second-order valence-electron chi connectivity index (χ2n) is 12.3. The highest BCUT2D eigenvalue weighted by molar-refractivity contribution is 5.75. The molecule has 4 saturated carbocycles. The van der Waals surface area contributed by atoms with E-state index < -0.39 is 0 Å². The molecule has 4 rings (SSSR count). The Balaban J connectivity index is 1.46. The topological polar surface area (TPSA) is 69.1 Å². The van der Waals surface area contributed by atoms with Crippen molar-refractivity contribution in [1.82, 2.24) is 4.90 Å². The first kappa shape index (κ1) is 23.0. The van der Waals surface area contributed by atoms with E-state index in [2.05, 4.69) is 30.8 Å². The lowest BCUT2D eigenvalue weighted by molar-refractivity contribution is -0.129. The van der Waals surface area contributed by atoms with Gasteiger partial charge in [0, 0.05) is 31.5 Å². The number of nitrogens with zero attached hydrogens (tertiary/aromatic N) is 4. The summed E-state index contributed by atoms with van der Waals surface area (Å²) >= 11 is 0. The highest BCUT2D eigenvalue weighted by atomic mass is 16.2. The number of carbonyl (C=O) groups excluding carboxylic acids is 1. The van der Waals surface area contributed by atoms with E-state index in [-0.39, 0.29) is 11.9 Å². The molecule has 0 N–H and O–H groups in total. The van der Waals surface area contributed by atoms with Crippen LogP contribution in [0.25, 0.3) is 10.4 Å². The van der Waals surface area contributed by atoms with Crippen LogP contribution in [0.1, 0.15) is 91.4 Å². The molecule has 174 valence electrons. The maximum atomic E-state index is 12.1. The fraction of sp³-hybridized carbons (Fsp3) is 0.962. The summed E-state index contributed by atoms with van der Waals surface area (Å²) in [5.74, 6) is 5.06. The SMILES string of the molecule is C[C@H](CCC(=O)N(C)C)[C@H]1CC[C@H]2[C@@H]3CC[C@@H]4C[C@@H](N=[N+]=[N-])CC[C@]4(C)[C@H]3CC[C@]12C. The number of amides is 1. The highest BCUT2D eigenvalue weighted by Gasteiger charge is 2.60. The van der Waals surface area contributed by atoms with Crippen molar-refractivity contribution in [3.05, 3.63) is 10.4 Å². The van der Waals surface area contributed by atoms with Gasteiger partial charge in [-0.15, -0.1) is 0 Å². The van der Waals surface area contributed by atoms with Crippen LogP contribution in [0.4, 0.5) is 0 Å². The van der Waals surface area contributed by atoms with Crippen molar-refractivity contribution in [3.8, 4) is 0 Å². The lowest BCUT2D eigenvalue weighted by atomic mass is 9.44. The largest absolute Gasteiger partial charge is 0.349 e. The van der Waals surface area contributed by atoms with Crippen molar-refractivity contribution in [2.45, 2.75) is 97.4 Å². The van der Waals surface area contributed by atoms with Gasteiger partial charge in [0.1, 0.15) is 0 Å². The highest BCUT2D eigenvalue weighted by Crippen LogP contribution is 2.68. The molecule has 0 radical (unpaired) electrons. The summed E-state index contributed by atoms with van der Waals surface area (Å²) in [6, 6.07) is 0.232. The van der Waals surface area contributed by atoms with Crippen molar-refractivity contribution in [1.29, 1.82) is 0 Å². The van der Waals surface area contributed by atoms with Gasteiger partial charge in [0.25, 0.3) is 0 Å². The van der Waals surface area contributed by atoms with E-state index in [1.54, 1.807) is 4.90 Å². The van der Waals surface area contributed by atoms with Crippen LogP contribution in [-0.2, 0) is 4.79 Å². The summed E-state index contributed by atoms with van der Waals surface area (Å²) in [6.45, 7) is 7.62. The van der Waals surface area contributed by atoms with Crippen molar-refractivity contribution >= 4 is 5.91 Å². The number of hydrogen-bond donors (Lipinski definition) is 0. The Morgan fingerprint density at radius 2 is 1.77 bits per heavy atom. The van der Waals surface area contributed by atoms with Crippen molar-refractivity contribution in [2.75, 3.05) is 14.1 Å². The van der Waals surface area contributed by atoms with Crippen LogP contribution in [0.3, 0.4) is 0 Å². The van der Waals surface area contributed by atoms with E-state index in [9.17, 15) is 4.79 Å². The van der Waals surface area contributed by atoms with E-state index >= 15 is 0 Å². The van der Waals surface area contributed by atoms with Crippen molar-refractivity contribution < 1.29 is 4.79 Å². The van der Waals surface area contributed by atoms with E-state index in [0.717, 1.165) is 48.9 Å². The Bertz CT molecular complexity index is 731. The molecule has 0 heterocycles. The lowest BCUT2D eigenvalue weighted by Gasteiger charge is -2.61. The van der Waals surface area contributed by atoms with Crippen LogP contribution in [0.2, 0.25) is 0 Å². The molecule has 5 heteroatoms. The van der Waals surface area contributed by atoms with E-state index in [4.69, 9.17) is 5.53 Å². The molecular formula is C26H44N4O. The second-order valence-corrected chi connectivity index (χ2v) is 12.3. The molecule has 0 aromatic carbocycles. The summed E-state index contributed by atoms with van der Waals surface area (Å²) in [5, 5.41) is 4.10. The van der Waals surface area contributed by atoms with E-state index in [0.29, 0.717) is 23.2 Å². The molecule has 4 aliphatic rings. The minimum atomic E-state index is 0.232. The van der Waals surface area contributed by atoms with E-state index in [1.807, 2.05) is 14.1 Å². The Hall–Kier alpha value is -1.22. The normalized spacial score (nSPS) is 44.9. The first-order chi connectivity index (χ1) is 14.7. The van der Waals surface area contributed by atoms with Gasteiger partial charge in [-0.05, 0) is 116 Å². The van der Waals surface area contributed by atoms with Crippen molar-refractivity contribution in [2.24, 2.45) is 51.5 Å². The Kier molecular flexibility index (Phi) is 6.38. The Morgan fingerprint density at radius 1 is 1.06 bits per heavy atom. The fourth-order valence-corrected chi connectivity index (χ4v) is 9.16. The first-order valence-corrected chi connectivity index (χ1v) is 12.9. The summed E-state index contributed by atoms with van der Waals surface area (Å²) in [6.07, 6.45) is 13.4. The number of rotatable bonds is 5. The quantitative estimate of drug-likeness (QED) is 0.269. The third-order valence-corrected chi connectivity index (χ3v) is 10.9. The fourth-order valence-electron chi connectivity index (χ4n) is 9.16. The number of hydrogen-bond acceptors (Lipinski definition) is 2. The van der Waals surface area contributed by atoms with Gasteiger partial charge in [0.2, 0.25) is 5.91 Å². The molecule has 0 bridgehead atoms. The Labute approximate surface area is 189 Å². The average molecular weight is 429 g/mol. The monoisotopic (exact) mass is 428 g/mol. The summed E-state index contributed by atoms with van der Waals surface area (Å²) in [5.41, 5.74) is 9.82. The van der Waals surface area contributed by atoms with Crippen LogP contribution in [-0.4, -0.2) is 30.9 Å². The van der Waals surface area contributed by atoms with Crippen LogP contribution >= 0.6 is 0 Å². The summed E-state index contributed by atoms with van der Waals surface area (Å²) in [7, 11) is 3.75. The minimum Gasteiger partial charge on any atom is -0.349 e. The predicted octanol–water partition coefficient (Wildman–Crippen LogP) is 6.83. The molecule has 1 amide bonds. The van der Waals surface area contributed by atoms with Gasteiger partial charge < -0.3 is 4.90 Å². The van der Waals surface area contributed by atoms with Crippen LogP contribution in [0, 0.1) is 46.3 Å². The maximum absolute atomic E-state index is 12.1. The molecule has 0 aliphatic heterocycles. The first-order valence-electron chi connectivity index (χ1n) is 12.9. The molecule has 5 nitrogen and oxygen atoms in total. The van der Waals surface area contributed by atoms with Crippen LogP contribution < -0.4 is 0 Å². The van der Waals surface area contributed by atoms with Gasteiger partial charge in [-0.25, -0.2) is 0 Å². The molecule has 9 atom stereocenters. The van der Waals surface area contributed by atoms with Gasteiger partial charge in [-0.3, -0.25) is 4.79 Å². The molecular weight excluding hydrogens is 384 g/mol. The number of carbonyl (C=O) groups is 1. The molecule has 0 aromatic rings. The van der Waals surface area contributed by atoms with Gasteiger partial charge in [0.15, 0.2) is 0 Å². The third kappa shape index (κ3) is 3.90. The van der Waals surface area contributed by atoms with Gasteiger partial charge >= 0.3 is 0 Å². The predicted molar refractivity (Wildman–Crippen MR) is 125 cm³/mol. The zero-order valence-corrected chi connectivity index (χ0v) is 20.5. The number of azide groups is 1. The third-order valence-electron chi connectivity index (χ3n) is 10.9. The molecule has 31 heavy (non-hydrogen) atoms. The van der Waals surface area contributed by atoms with Crippen molar-refractivity contribution in [3.63, 3.8) is 0 Å². The second kappa shape index (κ2) is 8.61. The smallest absolute Gasteiger partial charge is 0.222 e. The lowest BCUT2D eigenvalue weighted by Crippen LogP contribution is -2.54. The van der Waals surface area contributed by atoms with Crippen LogP contribution in [0.5, 0.6) is 0 Å². The standard InChI is InChI=1S/C26H44N4O/c1-17(6-11-24(31)30(4)5)21-9-10-22-20-8-7-18-16-19(28-29-27)12-14-25(18,2)23(20)13-15-26(21,22)3/h17-23H,6-16H2,1-5H3/t17-,18-,19+,20+,21-,22+,23+,25+,26-/m1/s1. The molecule has 0 aromatic heterocycles.